The summed E-state index contributed by atoms with van der Waals surface area (Å²) in [7, 11) is 0. The van der Waals surface area contributed by atoms with Crippen LogP contribution in [0, 0.1) is 5.92 Å². The van der Waals surface area contributed by atoms with Crippen LogP contribution >= 0.6 is 0 Å². The largest absolute Gasteiger partial charge is 0.506 e. The number of carbonyl (C=O) groups is 2. The number of phenolic OH excluding ortho intramolecular Hbond substituents is 1. The minimum absolute atomic E-state index is 0.106. The van der Waals surface area contributed by atoms with E-state index in [1.54, 1.807) is 36.4 Å². The number of amides is 2. The molecule has 3 aromatic rings. The van der Waals surface area contributed by atoms with Crippen LogP contribution in [-0.4, -0.2) is 82.2 Å². The maximum absolute atomic E-state index is 13.1. The number of rotatable bonds is 13. The smallest absolute Gasteiger partial charge is 0.255 e. The van der Waals surface area contributed by atoms with Gasteiger partial charge < -0.3 is 53.8 Å². The Hall–Kier alpha value is -4.57. The molecule has 0 unspecified atom stereocenters. The predicted molar refractivity (Wildman–Crippen MR) is 198 cm³/mol. The maximum Gasteiger partial charge on any atom is 0.255 e. The zero-order chi connectivity index (χ0) is 35.8. The summed E-state index contributed by atoms with van der Waals surface area (Å²) in [6, 6.07) is 11.0. The van der Waals surface area contributed by atoms with Crippen LogP contribution in [0.3, 0.4) is 0 Å². The Morgan fingerprint density at radius 3 is 1.88 bits per heavy atom. The van der Waals surface area contributed by atoms with Crippen molar-refractivity contribution in [3.8, 4) is 5.75 Å². The van der Waals surface area contributed by atoms with Crippen molar-refractivity contribution in [3.63, 3.8) is 0 Å². The summed E-state index contributed by atoms with van der Waals surface area (Å²) in [6.45, 7) is 6.63. The number of unbranched alkanes of at least 4 members (excludes halogenated alkanes) is 2. The maximum atomic E-state index is 13.1. The molecule has 1 aromatic heterocycles. The molecule has 2 aliphatic heterocycles. The Labute approximate surface area is 293 Å². The van der Waals surface area contributed by atoms with Gasteiger partial charge in [0.15, 0.2) is 0 Å². The topological polar surface area (TPSA) is 240 Å². The Kier molecular flexibility index (Phi) is 12.4. The van der Waals surface area contributed by atoms with E-state index in [9.17, 15) is 14.7 Å². The van der Waals surface area contributed by atoms with Crippen molar-refractivity contribution in [2.75, 3.05) is 51.9 Å². The molecule has 0 saturated carbocycles. The molecule has 2 saturated heterocycles. The van der Waals surface area contributed by atoms with Gasteiger partial charge in [-0.05, 0) is 61.6 Å². The summed E-state index contributed by atoms with van der Waals surface area (Å²) in [5.74, 6) is 1.21. The van der Waals surface area contributed by atoms with E-state index in [2.05, 4.69) is 39.8 Å². The number of carbonyl (C=O) groups excluding carboxylic acids is 2. The molecule has 12 N–H and O–H groups in total. The van der Waals surface area contributed by atoms with Gasteiger partial charge >= 0.3 is 0 Å². The minimum atomic E-state index is -0.412. The molecule has 15 nitrogen and oxygen atoms in total. The average molecular weight is 689 g/mol. The number of aromatic hydroxyl groups is 1. The summed E-state index contributed by atoms with van der Waals surface area (Å²) >= 11 is 0. The van der Waals surface area contributed by atoms with Crippen LogP contribution in [0.1, 0.15) is 69.2 Å². The molecular weight excluding hydrogens is 636 g/mol. The number of aromatic nitrogens is 3. The molecule has 3 heterocycles. The molecule has 2 fully saturated rings. The van der Waals surface area contributed by atoms with Crippen LogP contribution in [0.2, 0.25) is 0 Å². The van der Waals surface area contributed by atoms with Gasteiger partial charge in [0.05, 0.1) is 5.69 Å². The third-order valence-electron chi connectivity index (χ3n) is 8.83. The number of nitrogens with one attached hydrogen (secondary N) is 3. The highest BCUT2D eigenvalue weighted by molar-refractivity contribution is 6.05. The molecule has 50 heavy (non-hydrogen) atoms. The van der Waals surface area contributed by atoms with E-state index in [1.807, 2.05) is 9.80 Å². The monoisotopic (exact) mass is 688 g/mol. The van der Waals surface area contributed by atoms with Crippen molar-refractivity contribution in [1.29, 1.82) is 0 Å². The molecule has 0 aliphatic carbocycles. The van der Waals surface area contributed by atoms with Gasteiger partial charge in [0.2, 0.25) is 23.8 Å². The second-order valence-corrected chi connectivity index (χ2v) is 14.0. The number of benzene rings is 2. The standard InChI is InChI=1S/C35H52N12O3/c1-21(2)6-4-3-5-7-31(49)40-28-12-13-29(30(48)16-28)42-32(50)22-8-10-27(11-9-22)41-33-43-34(46-17-23(36)14-24(37)18-46)45-35(44-33)47-19-25(38)15-26(39)20-47/h8-13,16,21,23-26,48H,3-7,14-15,17-20,36-39H2,1-2H3,(H,40,49)(H,42,50)(H,41,43,44,45)/t23-,24+,25-,26+. The number of anilines is 6. The summed E-state index contributed by atoms with van der Waals surface area (Å²) in [5.41, 5.74) is 26.8. The first-order chi connectivity index (χ1) is 23.9. The van der Waals surface area contributed by atoms with Crippen molar-refractivity contribution in [1.82, 2.24) is 15.0 Å². The zero-order valence-electron chi connectivity index (χ0n) is 29.0. The van der Waals surface area contributed by atoms with Crippen LogP contribution in [-0.2, 0) is 4.79 Å². The van der Waals surface area contributed by atoms with Gasteiger partial charge in [0.25, 0.3) is 5.91 Å². The van der Waals surface area contributed by atoms with Gasteiger partial charge in [0, 0.05) is 79.8 Å². The third kappa shape index (κ3) is 10.5. The fraction of sp³-hybridized carbons (Fsp3) is 0.514. The molecule has 0 radical (unpaired) electrons. The van der Waals surface area contributed by atoms with E-state index < -0.39 is 5.91 Å². The highest BCUT2D eigenvalue weighted by atomic mass is 16.3. The Morgan fingerprint density at radius 1 is 0.780 bits per heavy atom. The van der Waals surface area contributed by atoms with Crippen LogP contribution in [0.25, 0.3) is 0 Å². The fourth-order valence-electron chi connectivity index (χ4n) is 6.36. The molecule has 270 valence electrons. The van der Waals surface area contributed by atoms with Gasteiger partial charge in [-0.15, -0.1) is 0 Å². The van der Waals surface area contributed by atoms with E-state index >= 15 is 0 Å². The van der Waals surface area contributed by atoms with Gasteiger partial charge in [-0.3, -0.25) is 9.59 Å². The summed E-state index contributed by atoms with van der Waals surface area (Å²) in [5, 5.41) is 19.3. The summed E-state index contributed by atoms with van der Waals surface area (Å²) in [6.07, 6.45) is 5.94. The van der Waals surface area contributed by atoms with Crippen molar-refractivity contribution >= 4 is 46.7 Å². The average Bonchev–Trinajstić information content (AvgIpc) is 3.05. The molecule has 4 atom stereocenters. The number of piperidine rings is 2. The van der Waals surface area contributed by atoms with Gasteiger partial charge in [-0.1, -0.05) is 33.1 Å². The lowest BCUT2D eigenvalue weighted by Crippen LogP contribution is -2.54. The predicted octanol–water partition coefficient (Wildman–Crippen LogP) is 2.85. The molecule has 2 amide bonds. The summed E-state index contributed by atoms with van der Waals surface area (Å²) in [4.78, 5) is 43.5. The minimum Gasteiger partial charge on any atom is -0.506 e. The number of phenols is 1. The third-order valence-corrected chi connectivity index (χ3v) is 8.83. The quantitative estimate of drug-likeness (QED) is 0.0953. The second kappa shape index (κ2) is 16.9. The van der Waals surface area contributed by atoms with Gasteiger partial charge in [-0.2, -0.15) is 15.0 Å². The molecule has 0 spiro atoms. The molecular formula is C35H52N12O3. The van der Waals surface area contributed by atoms with Crippen molar-refractivity contribution < 1.29 is 14.7 Å². The van der Waals surface area contributed by atoms with Crippen LogP contribution in [0.4, 0.5) is 34.9 Å². The van der Waals surface area contributed by atoms with Crippen molar-refractivity contribution in [3.05, 3.63) is 48.0 Å². The fourth-order valence-corrected chi connectivity index (χ4v) is 6.36. The first-order valence-electron chi connectivity index (χ1n) is 17.5. The van der Waals surface area contributed by atoms with E-state index in [0.29, 0.717) is 73.3 Å². The number of nitrogens with zero attached hydrogens (tertiary/aromatic N) is 5. The van der Waals surface area contributed by atoms with Crippen LogP contribution in [0.15, 0.2) is 42.5 Å². The Morgan fingerprint density at radius 2 is 1.34 bits per heavy atom. The van der Waals surface area contributed by atoms with E-state index in [-0.39, 0.29) is 41.5 Å². The number of hydrogen-bond acceptors (Lipinski definition) is 13. The lowest BCUT2D eigenvalue weighted by Gasteiger charge is -2.37. The molecule has 5 rings (SSSR count). The lowest BCUT2D eigenvalue weighted by molar-refractivity contribution is -0.116. The van der Waals surface area contributed by atoms with Gasteiger partial charge in [-0.25, -0.2) is 0 Å². The first kappa shape index (κ1) is 36.7. The lowest BCUT2D eigenvalue weighted by atomic mass is 10.0. The molecule has 15 heteroatoms. The van der Waals surface area contributed by atoms with E-state index in [4.69, 9.17) is 27.9 Å². The van der Waals surface area contributed by atoms with Crippen LogP contribution < -0.4 is 48.7 Å². The van der Waals surface area contributed by atoms with E-state index in [1.165, 1.54) is 6.07 Å². The van der Waals surface area contributed by atoms with Crippen LogP contribution in [0.5, 0.6) is 5.75 Å². The SMILES string of the molecule is CC(C)CCCCCC(=O)Nc1ccc(NC(=O)c2ccc(Nc3nc(N4C[C@H](N)C[C@H](N)C4)nc(N4C[C@H](N)C[C@H](N)C4)n3)cc2)c(O)c1. The highest BCUT2D eigenvalue weighted by Crippen LogP contribution is 2.28. The zero-order valence-corrected chi connectivity index (χ0v) is 29.0. The Bertz CT molecular complexity index is 1540. The normalized spacial score (nSPS) is 20.9. The Balaban J connectivity index is 1.22. The number of hydrogen-bond donors (Lipinski definition) is 8. The van der Waals surface area contributed by atoms with E-state index in [0.717, 1.165) is 38.5 Å². The molecule has 0 bridgehead atoms. The first-order valence-corrected chi connectivity index (χ1v) is 17.5. The van der Waals surface area contributed by atoms with Crippen molar-refractivity contribution in [2.24, 2.45) is 28.9 Å². The number of nitrogens with two attached hydrogens (primary N) is 4. The summed E-state index contributed by atoms with van der Waals surface area (Å²) < 4.78 is 0. The highest BCUT2D eigenvalue weighted by Gasteiger charge is 2.29. The molecule has 2 aliphatic rings. The van der Waals surface area contributed by atoms with Crippen molar-refractivity contribution in [2.45, 2.75) is 83.0 Å². The second-order valence-electron chi connectivity index (χ2n) is 14.0. The molecule has 2 aromatic carbocycles. The van der Waals surface area contributed by atoms with Gasteiger partial charge in [0.1, 0.15) is 5.75 Å².